The van der Waals surface area contributed by atoms with Crippen LogP contribution in [0.4, 0.5) is 14.5 Å². The van der Waals surface area contributed by atoms with Gasteiger partial charge in [-0.2, -0.15) is 0 Å². The molecule has 1 saturated heterocycles. The third-order valence-corrected chi connectivity index (χ3v) is 5.33. The van der Waals surface area contributed by atoms with E-state index < -0.39 is 23.4 Å². The number of carbonyl (C=O) groups excluding carboxylic acids is 2. The molecule has 7 heteroatoms. The number of hydrogen-bond donors (Lipinski definition) is 0. The monoisotopic (exact) mass is 412 g/mol. The van der Waals surface area contributed by atoms with Crippen molar-refractivity contribution >= 4 is 23.1 Å². The van der Waals surface area contributed by atoms with E-state index in [0.29, 0.717) is 31.0 Å². The van der Waals surface area contributed by atoms with E-state index in [9.17, 15) is 18.4 Å². The maximum atomic E-state index is 14.4. The van der Waals surface area contributed by atoms with Gasteiger partial charge in [0.05, 0.1) is 17.9 Å². The quantitative estimate of drug-likeness (QED) is 0.693. The number of carbonyl (C=O) groups is 2. The Morgan fingerprint density at radius 2 is 1.63 bits per heavy atom. The van der Waals surface area contributed by atoms with Crippen LogP contribution in [0.3, 0.4) is 0 Å². The van der Waals surface area contributed by atoms with Crippen molar-refractivity contribution in [2.75, 3.05) is 24.6 Å². The summed E-state index contributed by atoms with van der Waals surface area (Å²) in [4.78, 5) is 29.3. The first kappa shape index (κ1) is 20.1. The van der Waals surface area contributed by atoms with E-state index in [1.54, 1.807) is 24.3 Å². The minimum absolute atomic E-state index is 0.202. The van der Waals surface area contributed by atoms with Gasteiger partial charge in [0.25, 0.3) is 11.8 Å². The summed E-state index contributed by atoms with van der Waals surface area (Å²) < 4.78 is 33.7. The molecule has 2 heterocycles. The van der Waals surface area contributed by atoms with Crippen LogP contribution in [0.25, 0.3) is 5.57 Å². The fraction of sp³-hybridized carbons (Fsp3) is 0.304. The first-order valence-corrected chi connectivity index (χ1v) is 10.1. The van der Waals surface area contributed by atoms with Crippen molar-refractivity contribution in [2.45, 2.75) is 26.2 Å². The predicted octanol–water partition coefficient (Wildman–Crippen LogP) is 4.13. The van der Waals surface area contributed by atoms with Gasteiger partial charge in [0, 0.05) is 19.2 Å². The van der Waals surface area contributed by atoms with Gasteiger partial charge in [-0.05, 0) is 56.0 Å². The number of halogens is 2. The normalized spacial score (nSPS) is 17.2. The lowest BCUT2D eigenvalue weighted by Gasteiger charge is -2.29. The Bertz CT molecular complexity index is 1010. The molecule has 4 rings (SSSR count). The Balaban J connectivity index is 1.81. The summed E-state index contributed by atoms with van der Waals surface area (Å²) in [5.41, 5.74) is 0.610. The van der Waals surface area contributed by atoms with Crippen LogP contribution in [0, 0.1) is 11.6 Å². The van der Waals surface area contributed by atoms with E-state index in [2.05, 4.69) is 0 Å². The van der Waals surface area contributed by atoms with Crippen molar-refractivity contribution in [3.05, 3.63) is 65.4 Å². The minimum atomic E-state index is -0.830. The van der Waals surface area contributed by atoms with Crippen LogP contribution in [-0.2, 0) is 9.59 Å². The Morgan fingerprint density at radius 3 is 2.30 bits per heavy atom. The molecule has 0 atom stereocenters. The topological polar surface area (TPSA) is 49.9 Å². The summed E-state index contributed by atoms with van der Waals surface area (Å²) in [6.45, 7) is 3.64. The lowest BCUT2D eigenvalue weighted by molar-refractivity contribution is -0.120. The predicted molar refractivity (Wildman–Crippen MR) is 109 cm³/mol. The third kappa shape index (κ3) is 3.56. The molecule has 0 radical (unpaired) electrons. The second-order valence-electron chi connectivity index (χ2n) is 7.27. The fourth-order valence-corrected chi connectivity index (χ4v) is 3.95. The summed E-state index contributed by atoms with van der Waals surface area (Å²) >= 11 is 0. The van der Waals surface area contributed by atoms with Crippen molar-refractivity contribution in [2.24, 2.45) is 0 Å². The van der Waals surface area contributed by atoms with Crippen molar-refractivity contribution in [3.63, 3.8) is 0 Å². The Kier molecular flexibility index (Phi) is 5.53. The number of anilines is 1. The van der Waals surface area contributed by atoms with Gasteiger partial charge >= 0.3 is 0 Å². The van der Waals surface area contributed by atoms with Gasteiger partial charge in [-0.1, -0.05) is 12.1 Å². The minimum Gasteiger partial charge on any atom is -0.494 e. The number of amides is 2. The van der Waals surface area contributed by atoms with Crippen LogP contribution >= 0.6 is 0 Å². The van der Waals surface area contributed by atoms with Crippen molar-refractivity contribution in [1.82, 2.24) is 4.90 Å². The summed E-state index contributed by atoms with van der Waals surface area (Å²) in [6.07, 6.45) is 2.85. The van der Waals surface area contributed by atoms with Gasteiger partial charge in [-0.15, -0.1) is 0 Å². The number of likely N-dealkylation sites (tertiary alicyclic amines) is 1. The molecular formula is C23H22F2N2O3. The number of imide groups is 1. The van der Waals surface area contributed by atoms with Crippen molar-refractivity contribution < 1.29 is 23.1 Å². The Labute approximate surface area is 173 Å². The molecule has 0 saturated carbocycles. The summed E-state index contributed by atoms with van der Waals surface area (Å²) in [5, 5.41) is 0. The molecule has 0 N–H and O–H groups in total. The van der Waals surface area contributed by atoms with Crippen molar-refractivity contribution in [3.8, 4) is 5.75 Å². The molecule has 0 spiro atoms. The molecule has 1 fully saturated rings. The fourth-order valence-electron chi connectivity index (χ4n) is 3.95. The molecule has 2 amide bonds. The highest BCUT2D eigenvalue weighted by Gasteiger charge is 2.43. The van der Waals surface area contributed by atoms with Crippen LogP contribution in [0.15, 0.2) is 48.2 Å². The number of piperidine rings is 1. The largest absolute Gasteiger partial charge is 0.494 e. The molecule has 2 aromatic rings. The van der Waals surface area contributed by atoms with E-state index in [-0.39, 0.29) is 17.0 Å². The maximum absolute atomic E-state index is 14.4. The molecule has 2 aliphatic heterocycles. The Morgan fingerprint density at radius 1 is 0.933 bits per heavy atom. The molecule has 2 aromatic carbocycles. The van der Waals surface area contributed by atoms with Crippen molar-refractivity contribution in [1.29, 1.82) is 0 Å². The maximum Gasteiger partial charge on any atom is 0.282 e. The third-order valence-electron chi connectivity index (χ3n) is 5.33. The number of hydrogen-bond acceptors (Lipinski definition) is 4. The zero-order chi connectivity index (χ0) is 21.3. The second kappa shape index (κ2) is 8.26. The molecule has 0 aliphatic carbocycles. The molecule has 0 aromatic heterocycles. The smallest absolute Gasteiger partial charge is 0.282 e. The van der Waals surface area contributed by atoms with Crippen LogP contribution < -0.4 is 9.64 Å². The molecule has 5 nitrogen and oxygen atoms in total. The number of benzene rings is 2. The summed E-state index contributed by atoms with van der Waals surface area (Å²) in [6, 6.07) is 9.62. The number of ether oxygens (including phenoxy) is 1. The standard InChI is InChI=1S/C23H22F2N2O3/c1-2-30-17-9-6-15(7-10-17)20-21(26-12-4-3-5-13-26)23(29)27(22(20)28)19-14-16(24)8-11-18(19)25/h6-11,14H,2-5,12-13H2,1H3. The SMILES string of the molecule is CCOc1ccc(C2=C(N3CCCCC3)C(=O)N(c3cc(F)ccc3F)C2=O)cc1. The number of nitrogens with zero attached hydrogens (tertiary/aromatic N) is 2. The average molecular weight is 412 g/mol. The van der Waals surface area contributed by atoms with E-state index in [1.165, 1.54) is 0 Å². The van der Waals surface area contributed by atoms with Gasteiger partial charge in [-0.3, -0.25) is 9.59 Å². The lowest BCUT2D eigenvalue weighted by Crippen LogP contribution is -2.37. The van der Waals surface area contributed by atoms with E-state index in [1.807, 2.05) is 11.8 Å². The van der Waals surface area contributed by atoms with Crippen LogP contribution in [0.1, 0.15) is 31.7 Å². The van der Waals surface area contributed by atoms with E-state index in [0.717, 1.165) is 42.4 Å². The molecule has 2 aliphatic rings. The zero-order valence-electron chi connectivity index (χ0n) is 16.7. The molecule has 30 heavy (non-hydrogen) atoms. The van der Waals surface area contributed by atoms with Gasteiger partial charge in [0.1, 0.15) is 23.1 Å². The van der Waals surface area contributed by atoms with Gasteiger partial charge in [0.2, 0.25) is 0 Å². The van der Waals surface area contributed by atoms with Gasteiger partial charge in [-0.25, -0.2) is 13.7 Å². The van der Waals surface area contributed by atoms with Crippen LogP contribution in [-0.4, -0.2) is 36.4 Å². The first-order valence-electron chi connectivity index (χ1n) is 10.1. The Hall–Kier alpha value is -3.22. The van der Waals surface area contributed by atoms with E-state index in [4.69, 9.17) is 4.74 Å². The molecule has 0 bridgehead atoms. The molecular weight excluding hydrogens is 390 g/mol. The highest BCUT2D eigenvalue weighted by Crippen LogP contribution is 2.37. The zero-order valence-corrected chi connectivity index (χ0v) is 16.7. The van der Waals surface area contributed by atoms with Gasteiger partial charge in [0.15, 0.2) is 0 Å². The van der Waals surface area contributed by atoms with Gasteiger partial charge < -0.3 is 9.64 Å². The molecule has 0 unspecified atom stereocenters. The molecule has 156 valence electrons. The lowest BCUT2D eigenvalue weighted by atomic mass is 10.0. The second-order valence-corrected chi connectivity index (χ2v) is 7.27. The summed E-state index contributed by atoms with van der Waals surface area (Å²) in [7, 11) is 0. The number of rotatable bonds is 5. The first-order chi connectivity index (χ1) is 14.5. The average Bonchev–Trinajstić information content (AvgIpc) is 3.01. The van der Waals surface area contributed by atoms with Crippen LogP contribution in [0.5, 0.6) is 5.75 Å². The summed E-state index contributed by atoms with van der Waals surface area (Å²) in [5.74, 6) is -2.19. The van der Waals surface area contributed by atoms with Crippen LogP contribution in [0.2, 0.25) is 0 Å². The highest BCUT2D eigenvalue weighted by molar-refractivity contribution is 6.45. The van der Waals surface area contributed by atoms with E-state index >= 15 is 0 Å². The highest BCUT2D eigenvalue weighted by atomic mass is 19.1.